The fourth-order valence-electron chi connectivity index (χ4n) is 2.71. The molecule has 1 unspecified atom stereocenters. The zero-order valence-corrected chi connectivity index (χ0v) is 14.1. The fourth-order valence-corrected chi connectivity index (χ4v) is 2.71. The van der Waals surface area contributed by atoms with Crippen molar-refractivity contribution in [2.75, 3.05) is 0 Å². The Bertz CT molecular complexity index is 710. The average molecular weight is 319 g/mol. The summed E-state index contributed by atoms with van der Waals surface area (Å²) in [6.45, 7) is 2.89. The lowest BCUT2D eigenvalue weighted by Gasteiger charge is -2.15. The summed E-state index contributed by atoms with van der Waals surface area (Å²) in [4.78, 5) is 0. The first kappa shape index (κ1) is 17.8. The Morgan fingerprint density at radius 2 is 1.33 bits per heavy atom. The molecule has 0 aliphatic carbocycles. The van der Waals surface area contributed by atoms with Gasteiger partial charge in [-0.2, -0.15) is 0 Å². The first-order valence-corrected chi connectivity index (χ1v) is 8.26. The molecule has 0 aliphatic heterocycles. The molecule has 1 atom stereocenters. The number of para-hydroxylation sites is 1. The molecule has 3 aromatic rings. The van der Waals surface area contributed by atoms with Gasteiger partial charge in [-0.1, -0.05) is 79.7 Å². The molecule has 3 aromatic carbocycles. The Hall–Kier alpha value is -2.58. The van der Waals surface area contributed by atoms with Crippen molar-refractivity contribution in [2.45, 2.75) is 25.8 Å². The normalized spacial score (nSPS) is 11.2. The van der Waals surface area contributed by atoms with Crippen molar-refractivity contribution < 1.29 is 5.11 Å². The number of hydrogen-bond donors (Lipinski definition) is 2. The van der Waals surface area contributed by atoms with Crippen molar-refractivity contribution in [3.05, 3.63) is 102 Å². The van der Waals surface area contributed by atoms with Crippen LogP contribution in [0.4, 0.5) is 0 Å². The molecule has 124 valence electrons. The van der Waals surface area contributed by atoms with Crippen molar-refractivity contribution in [1.82, 2.24) is 0 Å². The maximum atomic E-state index is 8.63. The highest BCUT2D eigenvalue weighted by molar-refractivity contribution is 5.31. The van der Waals surface area contributed by atoms with Gasteiger partial charge in [-0.25, -0.2) is 0 Å². The lowest BCUT2D eigenvalue weighted by molar-refractivity contribution is 0.475. The van der Waals surface area contributed by atoms with Gasteiger partial charge < -0.3 is 10.8 Å². The minimum Gasteiger partial charge on any atom is -0.508 e. The zero-order valence-electron chi connectivity index (χ0n) is 14.1. The maximum absolute atomic E-state index is 8.63. The summed E-state index contributed by atoms with van der Waals surface area (Å²) in [5.41, 5.74) is 9.80. The van der Waals surface area contributed by atoms with Gasteiger partial charge in [0.15, 0.2) is 0 Å². The average Bonchev–Trinajstić information content (AvgIpc) is 2.63. The summed E-state index contributed by atoms with van der Waals surface area (Å²) < 4.78 is 0. The zero-order chi connectivity index (χ0) is 17.2. The first-order valence-electron chi connectivity index (χ1n) is 8.26. The quantitative estimate of drug-likeness (QED) is 0.719. The van der Waals surface area contributed by atoms with Crippen molar-refractivity contribution in [3.8, 4) is 5.75 Å². The molecule has 0 bridgehead atoms. The van der Waals surface area contributed by atoms with E-state index >= 15 is 0 Å². The summed E-state index contributed by atoms with van der Waals surface area (Å²) in [7, 11) is 0. The van der Waals surface area contributed by atoms with E-state index in [0.717, 1.165) is 6.42 Å². The molecular formula is C22H25NO. The molecule has 0 radical (unpaired) electrons. The minimum absolute atomic E-state index is 0.322. The Labute approximate surface area is 144 Å². The smallest absolute Gasteiger partial charge is 0.115 e. The Morgan fingerprint density at radius 1 is 0.792 bits per heavy atom. The topological polar surface area (TPSA) is 46.2 Å². The third kappa shape index (κ3) is 5.56. The number of rotatable bonds is 4. The molecule has 24 heavy (non-hydrogen) atoms. The number of hydrogen-bond acceptors (Lipinski definition) is 2. The molecule has 0 saturated heterocycles. The van der Waals surface area contributed by atoms with Gasteiger partial charge in [0.1, 0.15) is 5.75 Å². The second-order valence-electron chi connectivity index (χ2n) is 5.83. The van der Waals surface area contributed by atoms with Gasteiger partial charge in [0.25, 0.3) is 0 Å². The van der Waals surface area contributed by atoms with E-state index in [1.165, 1.54) is 16.7 Å². The fraction of sp³-hybridized carbons (Fsp3) is 0.182. The van der Waals surface area contributed by atoms with Crippen LogP contribution in [0, 0.1) is 0 Å². The van der Waals surface area contributed by atoms with Crippen LogP contribution in [-0.4, -0.2) is 5.11 Å². The number of aromatic hydroxyl groups is 1. The van der Waals surface area contributed by atoms with Crippen LogP contribution >= 0.6 is 0 Å². The van der Waals surface area contributed by atoms with Gasteiger partial charge in [0.2, 0.25) is 0 Å². The molecule has 0 heterocycles. The standard InChI is InChI=1S/C16H19N.C6H6O/c1-13(11-14-7-3-2-4-8-14)16-10-6-5-9-15(16)12-17;7-6-4-2-1-3-5-6/h2-10,13H,11-12,17H2,1H3;1-5,7H. The number of phenolic OH excluding ortho intramolecular Hbond substituents is 1. The maximum Gasteiger partial charge on any atom is 0.115 e. The highest BCUT2D eigenvalue weighted by Crippen LogP contribution is 2.23. The van der Waals surface area contributed by atoms with E-state index in [0.29, 0.717) is 18.2 Å². The highest BCUT2D eigenvalue weighted by atomic mass is 16.3. The summed E-state index contributed by atoms with van der Waals surface area (Å²) in [6.07, 6.45) is 1.07. The molecule has 2 heteroatoms. The predicted molar refractivity (Wildman–Crippen MR) is 101 cm³/mol. The lowest BCUT2D eigenvalue weighted by atomic mass is 9.90. The third-order valence-corrected chi connectivity index (χ3v) is 3.95. The van der Waals surface area contributed by atoms with Gasteiger partial charge in [0, 0.05) is 6.54 Å². The van der Waals surface area contributed by atoms with Crippen LogP contribution in [-0.2, 0) is 13.0 Å². The highest BCUT2D eigenvalue weighted by Gasteiger charge is 2.09. The van der Waals surface area contributed by atoms with E-state index < -0.39 is 0 Å². The SMILES string of the molecule is CC(Cc1ccccc1)c1ccccc1CN.Oc1ccccc1. The van der Waals surface area contributed by atoms with Gasteiger partial charge in [-0.05, 0) is 41.2 Å². The van der Waals surface area contributed by atoms with Crippen LogP contribution in [0.15, 0.2) is 84.9 Å². The van der Waals surface area contributed by atoms with Crippen LogP contribution in [0.3, 0.4) is 0 Å². The summed E-state index contributed by atoms with van der Waals surface area (Å²) in [5, 5.41) is 8.63. The summed E-state index contributed by atoms with van der Waals surface area (Å²) >= 11 is 0. The molecule has 3 rings (SSSR count). The Morgan fingerprint density at radius 3 is 1.88 bits per heavy atom. The molecule has 0 aliphatic rings. The van der Waals surface area contributed by atoms with Crippen molar-refractivity contribution in [3.63, 3.8) is 0 Å². The third-order valence-electron chi connectivity index (χ3n) is 3.95. The van der Waals surface area contributed by atoms with Gasteiger partial charge in [0.05, 0.1) is 0 Å². The predicted octanol–water partition coefficient (Wildman–Crippen LogP) is 4.88. The molecule has 0 saturated carbocycles. The number of benzene rings is 3. The van der Waals surface area contributed by atoms with Gasteiger partial charge in [-0.15, -0.1) is 0 Å². The summed E-state index contributed by atoms with van der Waals surface area (Å²) in [5.74, 6) is 0.833. The Balaban J connectivity index is 0.000000249. The van der Waals surface area contributed by atoms with E-state index in [1.54, 1.807) is 24.3 Å². The second-order valence-corrected chi connectivity index (χ2v) is 5.83. The minimum atomic E-state index is 0.322. The number of nitrogens with two attached hydrogens (primary N) is 1. The summed E-state index contributed by atoms with van der Waals surface area (Å²) in [6, 6.07) is 27.8. The molecule has 0 amide bonds. The van der Waals surface area contributed by atoms with Crippen LogP contribution in [0.1, 0.15) is 29.5 Å². The van der Waals surface area contributed by atoms with Crippen molar-refractivity contribution >= 4 is 0 Å². The van der Waals surface area contributed by atoms with E-state index in [9.17, 15) is 0 Å². The molecule has 0 aromatic heterocycles. The van der Waals surface area contributed by atoms with Gasteiger partial charge in [-0.3, -0.25) is 0 Å². The van der Waals surface area contributed by atoms with Crippen LogP contribution in [0.25, 0.3) is 0 Å². The van der Waals surface area contributed by atoms with E-state index in [-0.39, 0.29) is 0 Å². The molecule has 0 fully saturated rings. The molecular weight excluding hydrogens is 294 g/mol. The van der Waals surface area contributed by atoms with Crippen LogP contribution in [0.5, 0.6) is 5.75 Å². The second kappa shape index (κ2) is 9.53. The Kier molecular flexibility index (Phi) is 7.06. The molecule has 3 N–H and O–H groups in total. The van der Waals surface area contributed by atoms with Crippen LogP contribution < -0.4 is 5.73 Å². The monoisotopic (exact) mass is 319 g/mol. The van der Waals surface area contributed by atoms with Crippen molar-refractivity contribution in [2.24, 2.45) is 5.73 Å². The number of phenols is 1. The lowest BCUT2D eigenvalue weighted by Crippen LogP contribution is -2.06. The first-order chi connectivity index (χ1) is 11.7. The molecule has 0 spiro atoms. The van der Waals surface area contributed by atoms with E-state index in [2.05, 4.69) is 61.5 Å². The largest absolute Gasteiger partial charge is 0.508 e. The van der Waals surface area contributed by atoms with Crippen LogP contribution in [0.2, 0.25) is 0 Å². The van der Waals surface area contributed by atoms with Gasteiger partial charge >= 0.3 is 0 Å². The van der Waals surface area contributed by atoms with Crippen molar-refractivity contribution in [1.29, 1.82) is 0 Å². The van der Waals surface area contributed by atoms with E-state index in [4.69, 9.17) is 10.8 Å². The van der Waals surface area contributed by atoms with E-state index in [1.807, 2.05) is 6.07 Å². The molecule has 2 nitrogen and oxygen atoms in total.